The molecule has 0 radical (unpaired) electrons. The predicted octanol–water partition coefficient (Wildman–Crippen LogP) is 1.30. The average molecular weight is 850 g/mol. The lowest BCUT2D eigenvalue weighted by atomic mass is 10.1. The maximum atomic E-state index is 12.9. The number of aliphatic hydroxyl groups excluding tert-OH is 1. The molecule has 2 amide bonds. The van der Waals surface area contributed by atoms with E-state index in [0.717, 1.165) is 10.8 Å². The van der Waals surface area contributed by atoms with Crippen molar-refractivity contribution in [3.05, 3.63) is 22.2 Å². The van der Waals surface area contributed by atoms with Gasteiger partial charge in [0.15, 0.2) is 6.61 Å². The third kappa shape index (κ3) is 18.8. The molecular weight excluding hydrogens is 803 g/mol. The van der Waals surface area contributed by atoms with E-state index in [-0.39, 0.29) is 30.8 Å². The van der Waals surface area contributed by atoms with Gasteiger partial charge in [-0.15, -0.1) is 0 Å². The van der Waals surface area contributed by atoms with Crippen LogP contribution >= 0.6 is 23.5 Å². The molecule has 3 unspecified atom stereocenters. The van der Waals surface area contributed by atoms with Crippen molar-refractivity contribution in [1.29, 1.82) is 0 Å². The second-order valence-corrected chi connectivity index (χ2v) is 18.0. The fraction of sp³-hybridized carbons (Fsp3) is 0.679. The molecule has 0 bridgehead atoms. The fourth-order valence-electron chi connectivity index (χ4n) is 4.31. The Morgan fingerprint density at radius 3 is 2.24 bits per heavy atom. The third-order valence-corrected chi connectivity index (χ3v) is 10.2. The summed E-state index contributed by atoms with van der Waals surface area (Å²) in [6.07, 6.45) is -3.95. The molecule has 2 heterocycles. The number of alkyl carbamates (subject to hydrolysis) is 2. The molecule has 6 atom stereocenters. The summed E-state index contributed by atoms with van der Waals surface area (Å²) in [7, 11) is -16.9. The molecule has 0 saturated carbocycles. The van der Waals surface area contributed by atoms with Gasteiger partial charge in [-0.3, -0.25) is 9.09 Å². The first kappa shape index (κ1) is 47.7. The van der Waals surface area contributed by atoms with Crippen LogP contribution < -0.4 is 22.1 Å². The maximum Gasteiger partial charge on any atom is 0.490 e. The van der Waals surface area contributed by atoms with E-state index in [4.69, 9.17) is 34.5 Å². The average Bonchev–Trinajstić information content (AvgIpc) is 3.34. The van der Waals surface area contributed by atoms with Crippen molar-refractivity contribution < 1.29 is 84.9 Å². The summed E-state index contributed by atoms with van der Waals surface area (Å²) in [5.74, 6) is 3.93. The molecule has 0 aromatic carbocycles. The Balaban J connectivity index is 2.05. The summed E-state index contributed by atoms with van der Waals surface area (Å²) >= 11 is 0. The highest BCUT2D eigenvalue weighted by atomic mass is 31.3. The van der Waals surface area contributed by atoms with E-state index in [0.29, 0.717) is 12.8 Å². The summed E-state index contributed by atoms with van der Waals surface area (Å²) in [5, 5.41) is 15.4. The first-order valence-electron chi connectivity index (χ1n) is 16.2. The molecule has 1 aliphatic rings. The van der Waals surface area contributed by atoms with Crippen LogP contribution in [0.2, 0.25) is 0 Å². The number of nitrogen functional groups attached to an aromatic ring is 1. The topological polar surface area (TPSA) is 353 Å². The molecule has 0 spiro atoms. The zero-order valence-electron chi connectivity index (χ0n) is 30.6. The van der Waals surface area contributed by atoms with E-state index in [1.165, 1.54) is 0 Å². The number of rotatable bonds is 16. The molecule has 1 saturated heterocycles. The smallest absolute Gasteiger partial charge is 0.451 e. The van der Waals surface area contributed by atoms with Gasteiger partial charge in [-0.05, 0) is 60.8 Å². The SMILES string of the molecule is CC(C)(C)OC(=O)NCCCCC(NC(=O)OC(C)(C)C)C(=O)OCC#Cc1cn([C@H]2C[C@@H](O)[C@@H](COP(=O)(O)OP(=O)(O)OP(=O)(O)O)O2)c(=O)nc1N. The Bertz CT molecular complexity index is 1790. The van der Waals surface area contributed by atoms with Crippen LogP contribution in [0.1, 0.15) is 79.0 Å². The van der Waals surface area contributed by atoms with E-state index >= 15 is 0 Å². The molecule has 1 aliphatic heterocycles. The van der Waals surface area contributed by atoms with Crippen LogP contribution in [0.25, 0.3) is 0 Å². The number of nitrogens with zero attached hydrogens (tertiary/aromatic N) is 2. The summed E-state index contributed by atoms with van der Waals surface area (Å²) in [6.45, 7) is 8.81. The predicted molar refractivity (Wildman–Crippen MR) is 186 cm³/mol. The van der Waals surface area contributed by atoms with E-state index in [1.54, 1.807) is 41.5 Å². The molecule has 1 aromatic rings. The standard InChI is InChI=1S/C28H46N5O19P3/c1-27(2,3)49-25(37)30-12-8-7-11-18(31-26(38)50-28(4,5)6)23(35)46-13-9-10-17-15-33(24(36)32-22(17)29)21-14-19(34)20(48-21)16-47-54(42,43)52-55(44,45)51-53(39,40)41/h15,18-21,34H,7-8,11-14,16H2,1-6H3,(H,30,37)(H,31,38)(H,42,43)(H,44,45)(H2,29,32,36)(H2,39,40,41)/t18?,19-,20-,21-/m1/s1. The number of amides is 2. The Morgan fingerprint density at radius 1 is 1.02 bits per heavy atom. The molecule has 312 valence electrons. The Kier molecular flexibility index (Phi) is 17.0. The molecule has 0 aliphatic carbocycles. The second-order valence-electron chi connectivity index (χ2n) is 13.6. The van der Waals surface area contributed by atoms with E-state index < -0.39 is 96.2 Å². The van der Waals surface area contributed by atoms with Gasteiger partial charge in [0.2, 0.25) is 0 Å². The molecule has 9 N–H and O–H groups in total. The van der Waals surface area contributed by atoms with Crippen LogP contribution in [0.4, 0.5) is 15.4 Å². The van der Waals surface area contributed by atoms with Crippen molar-refractivity contribution >= 4 is 47.4 Å². The molecule has 2 rings (SSSR count). The monoisotopic (exact) mass is 849 g/mol. The number of nitrogens with one attached hydrogen (secondary N) is 2. The minimum absolute atomic E-state index is 0.0497. The molecule has 24 nitrogen and oxygen atoms in total. The number of aliphatic hydroxyl groups is 1. The first-order valence-corrected chi connectivity index (χ1v) is 20.7. The van der Waals surface area contributed by atoms with E-state index in [1.807, 2.05) is 0 Å². The lowest BCUT2D eigenvalue weighted by Gasteiger charge is -2.23. The van der Waals surface area contributed by atoms with Crippen LogP contribution in [-0.4, -0.2) is 102 Å². The van der Waals surface area contributed by atoms with Crippen LogP contribution in [0.5, 0.6) is 0 Å². The highest BCUT2D eigenvalue weighted by Crippen LogP contribution is 2.66. The van der Waals surface area contributed by atoms with Gasteiger partial charge in [0.25, 0.3) is 0 Å². The second kappa shape index (κ2) is 19.6. The van der Waals surface area contributed by atoms with Crippen LogP contribution in [0, 0.1) is 11.8 Å². The van der Waals surface area contributed by atoms with Crippen molar-refractivity contribution in [2.24, 2.45) is 0 Å². The zero-order valence-corrected chi connectivity index (χ0v) is 33.3. The normalized spacial score (nSPS) is 20.2. The van der Waals surface area contributed by atoms with Crippen LogP contribution in [0.3, 0.4) is 0 Å². The van der Waals surface area contributed by atoms with Crippen molar-refractivity contribution in [3.63, 3.8) is 0 Å². The van der Waals surface area contributed by atoms with Crippen LogP contribution in [-0.2, 0) is 50.6 Å². The van der Waals surface area contributed by atoms with Gasteiger partial charge >= 0.3 is 47.3 Å². The third-order valence-electron chi connectivity index (χ3n) is 6.39. The number of phosphoric ester groups is 1. The highest BCUT2D eigenvalue weighted by molar-refractivity contribution is 7.66. The lowest BCUT2D eigenvalue weighted by Crippen LogP contribution is -2.44. The Hall–Kier alpha value is -3.42. The van der Waals surface area contributed by atoms with Gasteiger partial charge in [-0.1, -0.05) is 11.8 Å². The molecule has 1 fully saturated rings. The Morgan fingerprint density at radius 2 is 1.64 bits per heavy atom. The first-order chi connectivity index (χ1) is 25.0. The molecule has 1 aromatic heterocycles. The number of phosphoric acid groups is 3. The number of nitrogens with two attached hydrogens (primary N) is 1. The fourth-order valence-corrected chi connectivity index (χ4v) is 7.34. The van der Waals surface area contributed by atoms with Crippen molar-refractivity contribution in [1.82, 2.24) is 20.2 Å². The van der Waals surface area contributed by atoms with Gasteiger partial charge in [0, 0.05) is 19.2 Å². The zero-order chi connectivity index (χ0) is 42.0. The van der Waals surface area contributed by atoms with E-state index in [9.17, 15) is 47.8 Å². The van der Waals surface area contributed by atoms with Gasteiger partial charge in [0.1, 0.15) is 35.4 Å². The van der Waals surface area contributed by atoms with Crippen molar-refractivity contribution in [3.8, 4) is 11.8 Å². The minimum atomic E-state index is -5.79. The number of unbranched alkanes of at least 4 members (excludes halogenated alkanes) is 1. The van der Waals surface area contributed by atoms with Gasteiger partial charge < -0.3 is 60.0 Å². The highest BCUT2D eigenvalue weighted by Gasteiger charge is 2.43. The quantitative estimate of drug-likeness (QED) is 0.0382. The number of anilines is 1. The summed E-state index contributed by atoms with van der Waals surface area (Å²) in [6, 6.07) is -1.15. The molecule has 27 heteroatoms. The van der Waals surface area contributed by atoms with Crippen molar-refractivity contribution in [2.45, 2.75) is 103 Å². The van der Waals surface area contributed by atoms with Gasteiger partial charge in [-0.2, -0.15) is 13.6 Å². The molecular formula is C28H46N5O19P3. The number of hydrogen-bond donors (Lipinski definition) is 8. The molecule has 55 heavy (non-hydrogen) atoms. The van der Waals surface area contributed by atoms with Gasteiger partial charge in [-0.25, -0.2) is 32.9 Å². The van der Waals surface area contributed by atoms with Crippen LogP contribution in [0.15, 0.2) is 11.0 Å². The summed E-state index contributed by atoms with van der Waals surface area (Å²) < 4.78 is 68.1. The number of carbonyl (C=O) groups excluding carboxylic acids is 3. The largest absolute Gasteiger partial charge is 0.490 e. The number of aromatic nitrogens is 2. The van der Waals surface area contributed by atoms with E-state index in [2.05, 4.69) is 40.6 Å². The summed E-state index contributed by atoms with van der Waals surface area (Å²) in [4.78, 5) is 89.7. The Labute approximate surface area is 314 Å². The maximum absolute atomic E-state index is 12.9. The number of carbonyl (C=O) groups is 3. The van der Waals surface area contributed by atoms with Crippen molar-refractivity contribution in [2.75, 3.05) is 25.5 Å². The minimum Gasteiger partial charge on any atom is -0.451 e. The summed E-state index contributed by atoms with van der Waals surface area (Å²) in [5.41, 5.74) is 3.29. The number of esters is 1. The lowest BCUT2D eigenvalue weighted by molar-refractivity contribution is -0.144. The number of hydrogen-bond acceptors (Lipinski definition) is 17. The van der Waals surface area contributed by atoms with Gasteiger partial charge in [0.05, 0.1) is 18.3 Å². The number of ether oxygens (including phenoxy) is 4.